The van der Waals surface area contributed by atoms with Crippen LogP contribution < -0.4 is 10.1 Å². The lowest BCUT2D eigenvalue weighted by Gasteiger charge is -2.26. The molecule has 2 rings (SSSR count). The molecule has 140 valence electrons. The summed E-state index contributed by atoms with van der Waals surface area (Å²) in [5.74, 6) is -0.296. The second-order valence-electron chi connectivity index (χ2n) is 5.90. The van der Waals surface area contributed by atoms with Gasteiger partial charge in [0.1, 0.15) is 5.75 Å². The van der Waals surface area contributed by atoms with Crippen LogP contribution in [0.5, 0.6) is 5.75 Å². The SMILES string of the molecule is COCCNCC[C@H]1CCC(=O)N1Cc1ccccc1OC(F)(F)F. The molecule has 0 saturated carbocycles. The standard InChI is InChI=1S/C17H23F3N2O3/c1-24-11-10-21-9-8-14-6-7-16(23)22(14)12-13-4-2-3-5-15(13)25-17(18,19)20/h2-5,14,21H,6-12H2,1H3/t14-/m1/s1. The van der Waals surface area contributed by atoms with Crippen LogP contribution in [0.15, 0.2) is 24.3 Å². The first kappa shape index (κ1) is 19.5. The zero-order valence-electron chi connectivity index (χ0n) is 14.1. The average molecular weight is 360 g/mol. The van der Waals surface area contributed by atoms with Gasteiger partial charge in [-0.1, -0.05) is 18.2 Å². The fraction of sp³-hybridized carbons (Fsp3) is 0.588. The monoisotopic (exact) mass is 360 g/mol. The van der Waals surface area contributed by atoms with Crippen LogP contribution in [-0.2, 0) is 16.1 Å². The van der Waals surface area contributed by atoms with Crippen molar-refractivity contribution in [3.63, 3.8) is 0 Å². The minimum Gasteiger partial charge on any atom is -0.405 e. The summed E-state index contributed by atoms with van der Waals surface area (Å²) in [5, 5.41) is 3.22. The summed E-state index contributed by atoms with van der Waals surface area (Å²) in [4.78, 5) is 13.8. The van der Waals surface area contributed by atoms with Crippen molar-refractivity contribution >= 4 is 5.91 Å². The molecule has 5 nitrogen and oxygen atoms in total. The number of methoxy groups -OCH3 is 1. The Morgan fingerprint density at radius 3 is 2.76 bits per heavy atom. The van der Waals surface area contributed by atoms with E-state index in [9.17, 15) is 18.0 Å². The Balaban J connectivity index is 1.98. The van der Waals surface area contributed by atoms with E-state index in [1.165, 1.54) is 12.1 Å². The summed E-state index contributed by atoms with van der Waals surface area (Å²) in [5.41, 5.74) is 0.354. The molecular formula is C17H23F3N2O3. The van der Waals surface area contributed by atoms with Crippen molar-refractivity contribution in [1.29, 1.82) is 0 Å². The molecule has 0 bridgehead atoms. The normalized spacial score (nSPS) is 18.0. The second kappa shape index (κ2) is 9.05. The zero-order chi connectivity index (χ0) is 18.3. The van der Waals surface area contributed by atoms with Crippen molar-refractivity contribution < 1.29 is 27.4 Å². The molecule has 0 radical (unpaired) electrons. The fourth-order valence-corrected chi connectivity index (χ4v) is 2.92. The van der Waals surface area contributed by atoms with Gasteiger partial charge >= 0.3 is 6.36 Å². The van der Waals surface area contributed by atoms with E-state index in [-0.39, 0.29) is 24.2 Å². The molecule has 1 amide bonds. The number of para-hydroxylation sites is 1. The highest BCUT2D eigenvalue weighted by atomic mass is 19.4. The number of nitrogens with zero attached hydrogens (tertiary/aromatic N) is 1. The van der Waals surface area contributed by atoms with Gasteiger partial charge in [0, 0.05) is 38.2 Å². The van der Waals surface area contributed by atoms with E-state index in [2.05, 4.69) is 10.1 Å². The summed E-state index contributed by atoms with van der Waals surface area (Å²) in [6, 6.07) is 5.96. The summed E-state index contributed by atoms with van der Waals surface area (Å²) in [6.07, 6.45) is -2.87. The van der Waals surface area contributed by atoms with Gasteiger partial charge in [0.05, 0.1) is 6.61 Å². The Morgan fingerprint density at radius 2 is 2.04 bits per heavy atom. The van der Waals surface area contributed by atoms with Gasteiger partial charge in [-0.3, -0.25) is 4.79 Å². The van der Waals surface area contributed by atoms with Crippen LogP contribution in [-0.4, -0.2) is 50.0 Å². The lowest BCUT2D eigenvalue weighted by molar-refractivity contribution is -0.275. The molecule has 0 unspecified atom stereocenters. The maximum Gasteiger partial charge on any atom is 0.573 e. The number of amides is 1. The maximum atomic E-state index is 12.5. The van der Waals surface area contributed by atoms with Crippen LogP contribution in [0.25, 0.3) is 0 Å². The first-order valence-corrected chi connectivity index (χ1v) is 8.23. The number of ether oxygens (including phenoxy) is 2. The highest BCUT2D eigenvalue weighted by Gasteiger charge is 2.34. The first-order valence-electron chi connectivity index (χ1n) is 8.23. The Bertz CT molecular complexity index is 566. The van der Waals surface area contributed by atoms with E-state index in [1.807, 2.05) is 0 Å². The number of nitrogens with one attached hydrogen (secondary N) is 1. The van der Waals surface area contributed by atoms with Crippen LogP contribution in [0.1, 0.15) is 24.8 Å². The number of hydrogen-bond acceptors (Lipinski definition) is 4. The van der Waals surface area contributed by atoms with Gasteiger partial charge in [-0.25, -0.2) is 0 Å². The highest BCUT2D eigenvalue weighted by molar-refractivity contribution is 5.78. The number of benzene rings is 1. The van der Waals surface area contributed by atoms with Crippen LogP contribution >= 0.6 is 0 Å². The lowest BCUT2D eigenvalue weighted by Crippen LogP contribution is -2.35. The second-order valence-corrected chi connectivity index (χ2v) is 5.90. The summed E-state index contributed by atoms with van der Waals surface area (Å²) < 4.78 is 46.6. The van der Waals surface area contributed by atoms with E-state index in [1.54, 1.807) is 24.1 Å². The molecule has 1 aliphatic heterocycles. The molecule has 1 saturated heterocycles. The minimum atomic E-state index is -4.75. The Kier molecular flexibility index (Phi) is 7.07. The molecule has 0 aliphatic carbocycles. The third-order valence-corrected chi connectivity index (χ3v) is 4.13. The molecule has 1 aliphatic rings. The fourth-order valence-electron chi connectivity index (χ4n) is 2.92. The third kappa shape index (κ3) is 6.21. The third-order valence-electron chi connectivity index (χ3n) is 4.13. The van der Waals surface area contributed by atoms with E-state index < -0.39 is 6.36 Å². The molecule has 1 aromatic rings. The van der Waals surface area contributed by atoms with E-state index in [4.69, 9.17) is 4.74 Å². The molecule has 1 N–H and O–H groups in total. The molecule has 25 heavy (non-hydrogen) atoms. The van der Waals surface area contributed by atoms with E-state index in [0.717, 1.165) is 19.5 Å². The molecule has 8 heteroatoms. The topological polar surface area (TPSA) is 50.8 Å². The summed E-state index contributed by atoms with van der Waals surface area (Å²) >= 11 is 0. The van der Waals surface area contributed by atoms with Crippen molar-refractivity contribution in [2.75, 3.05) is 26.8 Å². The van der Waals surface area contributed by atoms with Crippen molar-refractivity contribution in [2.24, 2.45) is 0 Å². The smallest absolute Gasteiger partial charge is 0.405 e. The van der Waals surface area contributed by atoms with Crippen LogP contribution in [0.3, 0.4) is 0 Å². The van der Waals surface area contributed by atoms with Crippen LogP contribution in [0.2, 0.25) is 0 Å². The maximum absolute atomic E-state index is 12.5. The van der Waals surface area contributed by atoms with Crippen molar-refractivity contribution in [3.8, 4) is 5.75 Å². The highest BCUT2D eigenvalue weighted by Crippen LogP contribution is 2.30. The number of hydrogen-bond donors (Lipinski definition) is 1. The van der Waals surface area contributed by atoms with Gasteiger partial charge in [0.2, 0.25) is 5.91 Å². The largest absolute Gasteiger partial charge is 0.573 e. The number of carbonyl (C=O) groups excluding carboxylic acids is 1. The zero-order valence-corrected chi connectivity index (χ0v) is 14.1. The number of rotatable bonds is 9. The van der Waals surface area contributed by atoms with Crippen LogP contribution in [0.4, 0.5) is 13.2 Å². The molecule has 1 atom stereocenters. The number of halogens is 3. The molecule has 0 aromatic heterocycles. The number of carbonyl (C=O) groups is 1. The average Bonchev–Trinajstić information content (AvgIpc) is 2.88. The predicted molar refractivity (Wildman–Crippen MR) is 86.1 cm³/mol. The van der Waals surface area contributed by atoms with E-state index in [0.29, 0.717) is 25.0 Å². The quantitative estimate of drug-likeness (QED) is 0.688. The molecule has 1 heterocycles. The molecule has 1 fully saturated rings. The molecule has 0 spiro atoms. The van der Waals surface area contributed by atoms with Crippen molar-refractivity contribution in [2.45, 2.75) is 38.2 Å². The lowest BCUT2D eigenvalue weighted by atomic mass is 10.1. The van der Waals surface area contributed by atoms with Gasteiger partial charge in [0.25, 0.3) is 0 Å². The Labute approximate surface area is 145 Å². The summed E-state index contributed by atoms with van der Waals surface area (Å²) in [7, 11) is 1.62. The van der Waals surface area contributed by atoms with Gasteiger partial charge in [-0.15, -0.1) is 13.2 Å². The van der Waals surface area contributed by atoms with Crippen molar-refractivity contribution in [3.05, 3.63) is 29.8 Å². The van der Waals surface area contributed by atoms with E-state index >= 15 is 0 Å². The molecule has 1 aromatic carbocycles. The van der Waals surface area contributed by atoms with Gasteiger partial charge in [0.15, 0.2) is 0 Å². The Hall–Kier alpha value is -1.80. The first-order chi connectivity index (χ1) is 11.9. The number of alkyl halides is 3. The minimum absolute atomic E-state index is 0.0153. The Morgan fingerprint density at radius 1 is 1.28 bits per heavy atom. The van der Waals surface area contributed by atoms with Crippen molar-refractivity contribution in [1.82, 2.24) is 10.2 Å². The molecular weight excluding hydrogens is 337 g/mol. The number of likely N-dealkylation sites (tertiary alicyclic amines) is 1. The van der Waals surface area contributed by atoms with Crippen LogP contribution in [0, 0.1) is 0 Å². The van der Waals surface area contributed by atoms with Gasteiger partial charge in [-0.2, -0.15) is 0 Å². The predicted octanol–water partition coefficient (Wildman–Crippen LogP) is 2.70. The summed E-state index contributed by atoms with van der Waals surface area (Å²) in [6.45, 7) is 2.17. The van der Waals surface area contributed by atoms with Gasteiger partial charge in [-0.05, 0) is 25.5 Å². The van der Waals surface area contributed by atoms with Gasteiger partial charge < -0.3 is 19.7 Å².